The summed E-state index contributed by atoms with van der Waals surface area (Å²) in [4.78, 5) is 4.16. The summed E-state index contributed by atoms with van der Waals surface area (Å²) in [6.07, 6.45) is 1.77. The third-order valence-corrected chi connectivity index (χ3v) is 3.29. The molecule has 112 valence electrons. The largest absolute Gasteiger partial charge is 0.494 e. The minimum Gasteiger partial charge on any atom is -0.494 e. The third kappa shape index (κ3) is 3.92. The molecule has 1 unspecified atom stereocenters. The smallest absolute Gasteiger partial charge is 0.212 e. The molecule has 1 atom stereocenters. The van der Waals surface area contributed by atoms with Crippen molar-refractivity contribution < 1.29 is 13.9 Å². The van der Waals surface area contributed by atoms with Crippen molar-refractivity contribution in [1.29, 1.82) is 0 Å². The van der Waals surface area contributed by atoms with Crippen molar-refractivity contribution in [2.24, 2.45) is 0 Å². The second-order valence-electron chi connectivity index (χ2n) is 4.71. The normalized spacial score (nSPS) is 12.0. The van der Waals surface area contributed by atoms with E-state index in [2.05, 4.69) is 10.3 Å². The lowest BCUT2D eigenvalue weighted by molar-refractivity contribution is 0.385. The molecule has 0 aliphatic carbocycles. The molecule has 0 saturated carbocycles. The molecule has 1 aromatic heterocycles. The Balaban J connectivity index is 1.98. The third-order valence-electron chi connectivity index (χ3n) is 3.29. The molecular weight excluding hydrogens is 271 g/mol. The van der Waals surface area contributed by atoms with Crippen molar-refractivity contribution >= 4 is 0 Å². The van der Waals surface area contributed by atoms with Crippen LogP contribution in [0.15, 0.2) is 36.5 Å². The number of pyridine rings is 1. The Bertz CT molecular complexity index is 587. The van der Waals surface area contributed by atoms with Gasteiger partial charge in [0.1, 0.15) is 0 Å². The number of methoxy groups -OCH3 is 2. The van der Waals surface area contributed by atoms with E-state index in [9.17, 15) is 4.39 Å². The molecule has 5 heteroatoms. The molecule has 0 saturated heterocycles. The molecule has 2 aromatic rings. The first kappa shape index (κ1) is 15.3. The summed E-state index contributed by atoms with van der Waals surface area (Å²) in [5.41, 5.74) is 2.02. The molecule has 0 amide bonds. The summed E-state index contributed by atoms with van der Waals surface area (Å²) < 4.78 is 23.4. The Labute approximate surface area is 123 Å². The Morgan fingerprint density at radius 3 is 2.62 bits per heavy atom. The molecular formula is C16H19FN2O2. The maximum absolute atomic E-state index is 13.4. The highest BCUT2D eigenvalue weighted by Crippen LogP contribution is 2.22. The Morgan fingerprint density at radius 2 is 2.00 bits per heavy atom. The van der Waals surface area contributed by atoms with E-state index in [-0.39, 0.29) is 17.6 Å². The highest BCUT2D eigenvalue weighted by atomic mass is 19.1. The lowest BCUT2D eigenvalue weighted by Crippen LogP contribution is -2.18. The first-order valence-electron chi connectivity index (χ1n) is 6.69. The van der Waals surface area contributed by atoms with Gasteiger partial charge in [0.15, 0.2) is 11.6 Å². The molecule has 0 spiro atoms. The fourth-order valence-corrected chi connectivity index (χ4v) is 1.97. The number of hydrogen-bond acceptors (Lipinski definition) is 4. The molecule has 1 heterocycles. The number of benzene rings is 1. The monoisotopic (exact) mass is 290 g/mol. The van der Waals surface area contributed by atoms with Crippen molar-refractivity contribution in [3.8, 4) is 11.6 Å². The maximum atomic E-state index is 13.4. The van der Waals surface area contributed by atoms with Gasteiger partial charge in [0, 0.05) is 24.8 Å². The number of halogens is 1. The number of hydrogen-bond donors (Lipinski definition) is 1. The van der Waals surface area contributed by atoms with Gasteiger partial charge in [-0.2, -0.15) is 0 Å². The molecule has 0 fully saturated rings. The van der Waals surface area contributed by atoms with Gasteiger partial charge < -0.3 is 14.8 Å². The Morgan fingerprint density at radius 1 is 1.19 bits per heavy atom. The van der Waals surface area contributed by atoms with Crippen molar-refractivity contribution in [2.45, 2.75) is 19.5 Å². The van der Waals surface area contributed by atoms with E-state index in [4.69, 9.17) is 9.47 Å². The van der Waals surface area contributed by atoms with Crippen LogP contribution >= 0.6 is 0 Å². The van der Waals surface area contributed by atoms with Crippen molar-refractivity contribution in [3.63, 3.8) is 0 Å². The number of nitrogens with zero attached hydrogens (tertiary/aromatic N) is 1. The summed E-state index contributed by atoms with van der Waals surface area (Å²) in [5, 5.41) is 3.36. The molecule has 0 aliphatic rings. The van der Waals surface area contributed by atoms with Crippen LogP contribution in [0.1, 0.15) is 24.1 Å². The van der Waals surface area contributed by atoms with Gasteiger partial charge in [-0.1, -0.05) is 12.1 Å². The van der Waals surface area contributed by atoms with Crippen LogP contribution in [0.2, 0.25) is 0 Å². The summed E-state index contributed by atoms with van der Waals surface area (Å²) in [6, 6.07) is 8.73. The molecule has 21 heavy (non-hydrogen) atoms. The van der Waals surface area contributed by atoms with Crippen LogP contribution in [-0.4, -0.2) is 19.2 Å². The predicted molar refractivity (Wildman–Crippen MR) is 79.0 cm³/mol. The highest BCUT2D eigenvalue weighted by Gasteiger charge is 2.09. The molecule has 2 rings (SSSR count). The van der Waals surface area contributed by atoms with E-state index < -0.39 is 0 Å². The second-order valence-corrected chi connectivity index (χ2v) is 4.71. The maximum Gasteiger partial charge on any atom is 0.212 e. The van der Waals surface area contributed by atoms with Crippen molar-refractivity contribution in [1.82, 2.24) is 10.3 Å². The summed E-state index contributed by atoms with van der Waals surface area (Å²) >= 11 is 0. The molecule has 1 aromatic carbocycles. The van der Waals surface area contributed by atoms with Gasteiger partial charge in [-0.05, 0) is 30.2 Å². The van der Waals surface area contributed by atoms with Crippen molar-refractivity contribution in [2.75, 3.05) is 14.2 Å². The molecule has 0 aliphatic heterocycles. The number of ether oxygens (including phenoxy) is 2. The first-order valence-corrected chi connectivity index (χ1v) is 6.69. The second kappa shape index (κ2) is 7.04. The van der Waals surface area contributed by atoms with Gasteiger partial charge in [0.2, 0.25) is 5.88 Å². The standard InChI is InChI=1S/C16H19FN2O2/c1-11(13-5-6-14(17)15(8-13)20-2)18-9-12-4-7-16(21-3)19-10-12/h4-8,10-11,18H,9H2,1-3H3. The molecule has 0 radical (unpaired) electrons. The lowest BCUT2D eigenvalue weighted by Gasteiger charge is -2.15. The first-order chi connectivity index (χ1) is 10.1. The number of aromatic nitrogens is 1. The highest BCUT2D eigenvalue weighted by molar-refractivity contribution is 5.32. The van der Waals surface area contributed by atoms with Crippen LogP contribution in [0.3, 0.4) is 0 Å². The zero-order chi connectivity index (χ0) is 15.2. The van der Waals surface area contributed by atoms with Gasteiger partial charge in [0.05, 0.1) is 14.2 Å². The average Bonchev–Trinajstić information content (AvgIpc) is 2.53. The van der Waals surface area contributed by atoms with Crippen LogP contribution in [0, 0.1) is 5.82 Å². The minimum atomic E-state index is -0.354. The van der Waals surface area contributed by atoms with Crippen LogP contribution in [-0.2, 0) is 6.54 Å². The Hall–Kier alpha value is -2.14. The fourth-order valence-electron chi connectivity index (χ4n) is 1.97. The summed E-state index contributed by atoms with van der Waals surface area (Å²) in [7, 11) is 3.05. The lowest BCUT2D eigenvalue weighted by atomic mass is 10.1. The minimum absolute atomic E-state index is 0.0709. The van der Waals surface area contributed by atoms with E-state index in [0.29, 0.717) is 12.4 Å². The van der Waals surface area contributed by atoms with Crippen LogP contribution in [0.25, 0.3) is 0 Å². The van der Waals surface area contributed by atoms with Gasteiger partial charge in [0.25, 0.3) is 0 Å². The van der Waals surface area contributed by atoms with E-state index in [1.807, 2.05) is 19.1 Å². The topological polar surface area (TPSA) is 43.4 Å². The van der Waals surface area contributed by atoms with Gasteiger partial charge in [-0.15, -0.1) is 0 Å². The van der Waals surface area contributed by atoms with Crippen LogP contribution in [0.5, 0.6) is 11.6 Å². The molecule has 4 nitrogen and oxygen atoms in total. The summed E-state index contributed by atoms with van der Waals surface area (Å²) in [6.45, 7) is 2.68. The summed E-state index contributed by atoms with van der Waals surface area (Å²) in [5.74, 6) is 0.495. The SMILES string of the molecule is COc1ccc(CNC(C)c2ccc(F)c(OC)c2)cn1. The van der Waals surface area contributed by atoms with Gasteiger partial charge >= 0.3 is 0 Å². The molecule has 0 bridgehead atoms. The van der Waals surface area contributed by atoms with E-state index in [1.54, 1.807) is 25.4 Å². The van der Waals surface area contributed by atoms with Crippen molar-refractivity contribution in [3.05, 3.63) is 53.5 Å². The molecule has 1 N–H and O–H groups in total. The van der Waals surface area contributed by atoms with E-state index >= 15 is 0 Å². The number of rotatable bonds is 6. The average molecular weight is 290 g/mol. The van der Waals surface area contributed by atoms with Crippen LogP contribution < -0.4 is 14.8 Å². The van der Waals surface area contributed by atoms with Gasteiger partial charge in [-0.25, -0.2) is 9.37 Å². The number of nitrogens with one attached hydrogen (secondary N) is 1. The van der Waals surface area contributed by atoms with E-state index in [0.717, 1.165) is 11.1 Å². The predicted octanol–water partition coefficient (Wildman–Crippen LogP) is 3.09. The fraction of sp³-hybridized carbons (Fsp3) is 0.312. The Kier molecular flexibility index (Phi) is 5.11. The quantitative estimate of drug-likeness (QED) is 0.888. The zero-order valence-corrected chi connectivity index (χ0v) is 12.4. The zero-order valence-electron chi connectivity index (χ0n) is 12.4. The van der Waals surface area contributed by atoms with E-state index in [1.165, 1.54) is 13.2 Å². The van der Waals surface area contributed by atoms with Crippen LogP contribution in [0.4, 0.5) is 4.39 Å². The van der Waals surface area contributed by atoms with Gasteiger partial charge in [-0.3, -0.25) is 0 Å².